The summed E-state index contributed by atoms with van der Waals surface area (Å²) in [5.41, 5.74) is 19.0. The number of carbonyl (C=O) groups excluding carboxylic acids is 3. The molecule has 12 atom stereocenters. The van der Waals surface area contributed by atoms with Crippen LogP contribution in [0.5, 0.6) is 34.5 Å². The molecule has 6 aliphatic heterocycles. The maximum absolute atomic E-state index is 13.6. The largest absolute Gasteiger partial charge is 0.493 e. The van der Waals surface area contributed by atoms with Crippen LogP contribution in [-0.4, -0.2) is 151 Å². The summed E-state index contributed by atoms with van der Waals surface area (Å²) in [6, 6.07) is -7.92. The zero-order valence-electron chi connectivity index (χ0n) is 95.4. The lowest BCUT2D eigenvalue weighted by molar-refractivity contribution is -0.161. The van der Waals surface area contributed by atoms with E-state index in [1.54, 1.807) is 53.7 Å². The summed E-state index contributed by atoms with van der Waals surface area (Å²) in [6.07, 6.45) is -18.1. The van der Waals surface area contributed by atoms with Crippen LogP contribution in [0.1, 0.15) is 231 Å². The van der Waals surface area contributed by atoms with Crippen LogP contribution in [-0.2, 0) is 47.9 Å². The number of hydrogen-bond acceptors (Lipinski definition) is 18. The van der Waals surface area contributed by atoms with Crippen molar-refractivity contribution in [3.63, 3.8) is 0 Å². The first-order valence-corrected chi connectivity index (χ1v) is 29.0. The van der Waals surface area contributed by atoms with Gasteiger partial charge in [-0.2, -0.15) is 0 Å². The molecule has 504 valence electrons. The summed E-state index contributed by atoms with van der Waals surface area (Å²) in [5.74, 6) is -27.5. The van der Waals surface area contributed by atoms with Crippen LogP contribution in [0.4, 0.5) is 0 Å². The highest BCUT2D eigenvalue weighted by molar-refractivity contribution is 5.77. The summed E-state index contributed by atoms with van der Waals surface area (Å²) in [7, 11) is 3.81. The first-order chi connectivity index (χ1) is 59.3. The number of fused-ring (bicyclic) bond motifs is 9. The van der Waals surface area contributed by atoms with Crippen molar-refractivity contribution in [2.24, 2.45) is 70.3 Å². The molecule has 90 heavy (non-hydrogen) atoms. The van der Waals surface area contributed by atoms with Gasteiger partial charge in [0.2, 0.25) is 0 Å². The number of carbonyl (C=O) groups is 3. The highest BCUT2D eigenvalue weighted by Crippen LogP contribution is 2.48. The second kappa shape index (κ2) is 32.5. The lowest BCUT2D eigenvalue weighted by Crippen LogP contribution is -2.51. The number of hydrogen-bond donors (Lipinski definition) is 3. The maximum Gasteiger partial charge on any atom is 0.323 e. The van der Waals surface area contributed by atoms with E-state index in [0.29, 0.717) is 28.2 Å². The van der Waals surface area contributed by atoms with Crippen molar-refractivity contribution in [2.75, 3.05) is 81.7 Å². The van der Waals surface area contributed by atoms with E-state index >= 15 is 0 Å². The SMILES string of the molecule is [2H]C([2H])([2H])C([2H])(C([2H])([2H])[2H])[C@]([2H])(N)C(=O)OC1([2H])C([2H])([2H])C2c3cc(OC)c(OC)cc3CCN2C([2H])([2H])C1([2H])CC(C)C.[2H]C([2H])([2H])Oc1cc2c(cc1OC)C1N(CC2)C([2H])([2H])C([2H])(CC(C)C)C(OC(=O)[C@@]([2H])(N)C([2H])(C([2H])([2H])[2H])C([2H])([2H])[2H])C1([2H])[2H].[2H]C1([2H])C2c3cc(OC)c(OC)cc3CCN2C([2H])([2H])C([2H])(CC(C)C)C1OC(=O)[C@@]([2H])(N)C([2H])(C([2H])([2H])[2H])C([2H])([2H])[2H]. The Morgan fingerprint density at radius 1 is 0.478 bits per heavy atom. The predicted molar refractivity (Wildman–Crippen MR) is 353 cm³/mol. The minimum atomic E-state index is -4.03. The first-order valence-electron chi connectivity index (χ1n) is 50.5. The maximum atomic E-state index is 13.6. The van der Waals surface area contributed by atoms with Crippen molar-refractivity contribution >= 4 is 17.9 Å². The third kappa shape index (κ3) is 17.5. The topological polar surface area (TPSA) is 222 Å². The molecule has 18 nitrogen and oxygen atoms in total. The van der Waals surface area contributed by atoms with E-state index < -0.39 is 225 Å². The fourth-order valence-electron chi connectivity index (χ4n) is 10.9. The van der Waals surface area contributed by atoms with Crippen molar-refractivity contribution in [3.8, 4) is 34.5 Å². The van der Waals surface area contributed by atoms with E-state index in [2.05, 4.69) is 0 Å². The summed E-state index contributed by atoms with van der Waals surface area (Å²) in [5, 5.41) is 0. The van der Waals surface area contributed by atoms with Gasteiger partial charge in [-0.1, -0.05) is 82.7 Å². The van der Waals surface area contributed by atoms with Gasteiger partial charge in [-0.25, -0.2) is 0 Å². The van der Waals surface area contributed by atoms with Crippen LogP contribution >= 0.6 is 0 Å². The monoisotopic (exact) mass is 1300 g/mol. The Morgan fingerprint density at radius 3 is 1.10 bits per heavy atom. The smallest absolute Gasteiger partial charge is 0.323 e. The molecule has 9 rings (SSSR count). The number of benzene rings is 3. The summed E-state index contributed by atoms with van der Waals surface area (Å²) < 4.78 is 406. The van der Waals surface area contributed by atoms with Gasteiger partial charge in [0.25, 0.3) is 0 Å². The third-order valence-electron chi connectivity index (χ3n) is 15.1. The van der Waals surface area contributed by atoms with Gasteiger partial charge in [0, 0.05) is 143 Å². The second-order valence-electron chi connectivity index (χ2n) is 22.9. The number of rotatable bonds is 21. The molecule has 3 saturated heterocycles. The molecule has 0 amide bonds. The van der Waals surface area contributed by atoms with Crippen LogP contribution in [0, 0.1) is 53.1 Å². The van der Waals surface area contributed by atoms with E-state index in [1.807, 2.05) is 0 Å². The summed E-state index contributed by atoms with van der Waals surface area (Å²) in [4.78, 5) is 44.1. The number of methoxy groups -OCH3 is 6. The Kier molecular flexibility index (Phi) is 12.0. The number of ether oxygens (including phenoxy) is 9. The highest BCUT2D eigenvalue weighted by atomic mass is 16.6. The van der Waals surface area contributed by atoms with Crippen molar-refractivity contribution in [3.05, 3.63) is 69.8 Å². The lowest BCUT2D eigenvalue weighted by Gasteiger charge is -2.47. The summed E-state index contributed by atoms with van der Waals surface area (Å²) >= 11 is 0. The third-order valence-corrected chi connectivity index (χ3v) is 15.1. The molecule has 0 radical (unpaired) electrons. The lowest BCUT2D eigenvalue weighted by atomic mass is 9.79. The van der Waals surface area contributed by atoms with Crippen LogP contribution in [0.25, 0.3) is 0 Å². The summed E-state index contributed by atoms with van der Waals surface area (Å²) in [6.45, 7) is -22.2. The van der Waals surface area contributed by atoms with Crippen LogP contribution in [0.2, 0.25) is 0 Å². The molecule has 3 fully saturated rings. The Bertz CT molecular complexity index is 4720. The number of nitrogens with zero attached hydrogens (tertiary/aromatic N) is 3. The second-order valence-corrected chi connectivity index (χ2v) is 22.9. The molecule has 3 aromatic rings. The molecule has 9 unspecified atom stereocenters. The first kappa shape index (κ1) is 33.1. The molecule has 0 bridgehead atoms. The zero-order chi connectivity index (χ0) is 103. The van der Waals surface area contributed by atoms with E-state index in [-0.39, 0.29) is 85.0 Å². The molecular weight excluding hydrogens is 1140 g/mol. The van der Waals surface area contributed by atoms with Gasteiger partial charge >= 0.3 is 17.9 Å². The molecule has 0 saturated carbocycles. The van der Waals surface area contributed by atoms with Crippen LogP contribution in [0.15, 0.2) is 36.4 Å². The molecule has 6 heterocycles. The van der Waals surface area contributed by atoms with Gasteiger partial charge in [0.15, 0.2) is 34.5 Å². The number of nitrogens with two attached hydrogens (primary N) is 3. The molecule has 0 spiro atoms. The van der Waals surface area contributed by atoms with Gasteiger partial charge in [-0.15, -0.1) is 0 Å². The van der Waals surface area contributed by atoms with Gasteiger partial charge in [0.1, 0.15) is 36.3 Å². The van der Waals surface area contributed by atoms with Crippen molar-refractivity contribution in [2.45, 2.75) is 195 Å². The predicted octanol–water partition coefficient (Wildman–Crippen LogP) is 10.7. The molecule has 0 aliphatic carbocycles. The van der Waals surface area contributed by atoms with E-state index in [0.717, 1.165) is 9.80 Å². The van der Waals surface area contributed by atoms with Crippen molar-refractivity contribution < 1.29 is 116 Å². The van der Waals surface area contributed by atoms with Gasteiger partial charge in [-0.3, -0.25) is 29.1 Å². The van der Waals surface area contributed by atoms with Gasteiger partial charge in [0.05, 0.1) is 52.2 Å². The normalized spacial score (nSPS) is 40.9. The van der Waals surface area contributed by atoms with E-state index in [9.17, 15) is 28.1 Å². The van der Waals surface area contributed by atoms with E-state index in [1.165, 1.54) is 64.7 Å². The number of esters is 3. The molecule has 3 aromatic carbocycles. The molecule has 0 aromatic heterocycles. The Morgan fingerprint density at radius 2 is 0.778 bits per heavy atom. The Balaban J connectivity index is 0.000000273. The minimum absolute atomic E-state index is 0.0355. The molecular formula is C72H114N6O12. The minimum Gasteiger partial charge on any atom is -0.493 e. The van der Waals surface area contributed by atoms with E-state index in [4.69, 9.17) is 105 Å². The standard InChI is InChI=1S/3C24H38N2O4/c3*1-14(2)9-17-13-26-8-7-16-10-21(28-5)22(29-6)11-18(16)19(26)12-20(17)30-24(27)23(25)15(3)4/h3*10-11,14-15,17,19-20,23H,7-9,12-13,25H2,1-6H3/t3*17?,19?,20?,23-/m000/s1/i3D3,4D3,12D2,13D2,15D,17D,20D,23D;3D3,4D3,5D3,12D2,13D2,15D,17D,23D;3D3,4D3,12D2,13D2,15D,17D,23D. The van der Waals surface area contributed by atoms with Crippen molar-refractivity contribution in [1.82, 2.24) is 14.7 Å². The average Bonchev–Trinajstić information content (AvgIpc) is 0.679. The van der Waals surface area contributed by atoms with Crippen LogP contribution < -0.4 is 45.6 Å². The molecule has 6 aliphatic rings. The van der Waals surface area contributed by atoms with Gasteiger partial charge < -0.3 is 59.8 Å². The Labute approximate surface area is 599 Å². The van der Waals surface area contributed by atoms with Crippen LogP contribution in [0.3, 0.4) is 0 Å². The Hall–Kier alpha value is -5.37. The quantitative estimate of drug-likeness (QED) is 0.0666. The fraction of sp³-hybridized carbons (Fsp3) is 0.708. The highest BCUT2D eigenvalue weighted by Gasteiger charge is 2.45. The molecule has 18 heteroatoms. The molecule has 6 N–H and O–H groups in total. The van der Waals surface area contributed by atoms with Gasteiger partial charge in [-0.05, 0) is 144 Å². The number of piperidine rings is 3. The van der Waals surface area contributed by atoms with Crippen molar-refractivity contribution in [1.29, 1.82) is 0 Å². The average molecular weight is 1300 g/mol. The zero-order valence-corrected chi connectivity index (χ0v) is 52.4. The fourth-order valence-corrected chi connectivity index (χ4v) is 10.9.